The fraction of sp³-hybridized carbons (Fsp3) is 0. The molecule has 0 spiro atoms. The maximum atomic E-state index is 5.26. The van der Waals surface area contributed by atoms with Crippen molar-refractivity contribution in [2.45, 2.75) is 0 Å². The van der Waals surface area contributed by atoms with Gasteiger partial charge in [-0.1, -0.05) is 121 Å². The van der Waals surface area contributed by atoms with Crippen molar-refractivity contribution in [2.75, 3.05) is 0 Å². The predicted octanol–water partition coefficient (Wildman–Crippen LogP) is 13.5. The lowest BCUT2D eigenvalue weighted by atomic mass is 9.98. The minimum atomic E-state index is 0.727. The molecule has 0 atom stereocenters. The number of benzene rings is 7. The Kier molecular flexibility index (Phi) is 6.47. The zero-order chi connectivity index (χ0) is 36.0. The van der Waals surface area contributed by atoms with E-state index < -0.39 is 0 Å². The second kappa shape index (κ2) is 11.7. The van der Waals surface area contributed by atoms with Crippen LogP contribution in [0.2, 0.25) is 0 Å². The molecule has 0 amide bonds. The number of thiophene rings is 1. The minimum Gasteiger partial charge on any atom is -0.309 e. The first-order chi connectivity index (χ1) is 27.3. The van der Waals surface area contributed by atoms with Crippen molar-refractivity contribution in [1.29, 1.82) is 0 Å². The van der Waals surface area contributed by atoms with Gasteiger partial charge in [0.2, 0.25) is 0 Å². The van der Waals surface area contributed by atoms with Crippen LogP contribution >= 0.6 is 11.3 Å². The van der Waals surface area contributed by atoms with E-state index in [0.717, 1.165) is 44.7 Å². The third-order valence-corrected chi connectivity index (χ3v) is 12.3. The van der Waals surface area contributed by atoms with Crippen molar-refractivity contribution in [3.05, 3.63) is 182 Å². The van der Waals surface area contributed by atoms with Crippen LogP contribution in [0.1, 0.15) is 0 Å². The van der Waals surface area contributed by atoms with Crippen molar-refractivity contribution in [2.24, 2.45) is 0 Å². The summed E-state index contributed by atoms with van der Waals surface area (Å²) in [5.74, 6) is 0.844. The van der Waals surface area contributed by atoms with Gasteiger partial charge in [-0.25, -0.2) is 9.97 Å². The molecule has 4 nitrogen and oxygen atoms in total. The molecule has 0 unspecified atom stereocenters. The highest BCUT2D eigenvalue weighted by molar-refractivity contribution is 7.26. The van der Waals surface area contributed by atoms with Gasteiger partial charge in [-0.2, -0.15) is 0 Å². The first kappa shape index (κ1) is 30.4. The zero-order valence-electron chi connectivity index (χ0n) is 29.5. The summed E-state index contributed by atoms with van der Waals surface area (Å²) in [7, 11) is 0. The molecular formula is C50H30N4S. The van der Waals surface area contributed by atoms with E-state index in [4.69, 9.17) is 9.97 Å². The zero-order valence-corrected chi connectivity index (χ0v) is 30.3. The Hall–Kier alpha value is -7.08. The largest absolute Gasteiger partial charge is 0.309 e. The molecule has 5 heteroatoms. The number of hydrogen-bond acceptors (Lipinski definition) is 3. The van der Waals surface area contributed by atoms with Gasteiger partial charge in [-0.3, -0.25) is 4.57 Å². The third kappa shape index (κ3) is 4.51. The van der Waals surface area contributed by atoms with Crippen molar-refractivity contribution in [1.82, 2.24) is 19.1 Å². The van der Waals surface area contributed by atoms with E-state index in [1.54, 1.807) is 0 Å². The Bertz CT molecular complexity index is 3440. The molecule has 0 N–H and O–H groups in total. The summed E-state index contributed by atoms with van der Waals surface area (Å²) in [4.78, 5) is 10.3. The summed E-state index contributed by atoms with van der Waals surface area (Å²) in [6.07, 6.45) is 0. The molecule has 0 fully saturated rings. The van der Waals surface area contributed by atoms with E-state index in [1.165, 1.54) is 64.0 Å². The lowest BCUT2D eigenvalue weighted by molar-refractivity contribution is 1.09. The Morgan fingerprint density at radius 1 is 0.400 bits per heavy atom. The van der Waals surface area contributed by atoms with E-state index in [-0.39, 0.29) is 0 Å². The van der Waals surface area contributed by atoms with Gasteiger partial charge in [0.15, 0.2) is 5.65 Å². The highest BCUT2D eigenvalue weighted by Crippen LogP contribution is 2.46. The SMILES string of the molecule is c1ccc(-c2ccc3ccc(-n4c5ccccc5c5ccc(-c6c(-n7c8ccccc8c8ccccc87)ccc7c6sc6ccccc67)cc54)nc3n2)cc1. The molecule has 0 aliphatic rings. The van der Waals surface area contributed by atoms with Gasteiger partial charge in [0.1, 0.15) is 5.82 Å². The molecule has 55 heavy (non-hydrogen) atoms. The number of rotatable bonds is 4. The van der Waals surface area contributed by atoms with Gasteiger partial charge < -0.3 is 4.57 Å². The Morgan fingerprint density at radius 3 is 1.75 bits per heavy atom. The normalized spacial score (nSPS) is 12.0. The van der Waals surface area contributed by atoms with Crippen molar-refractivity contribution >= 4 is 86.2 Å². The van der Waals surface area contributed by atoms with Gasteiger partial charge in [0.25, 0.3) is 0 Å². The second-order valence-corrected chi connectivity index (χ2v) is 15.2. The van der Waals surface area contributed by atoms with Crippen LogP contribution in [0.4, 0.5) is 0 Å². The maximum absolute atomic E-state index is 5.26. The van der Waals surface area contributed by atoms with Gasteiger partial charge >= 0.3 is 0 Å². The summed E-state index contributed by atoms with van der Waals surface area (Å²) in [6.45, 7) is 0. The second-order valence-electron chi connectivity index (χ2n) is 14.2. The Balaban J connectivity index is 1.16. The fourth-order valence-corrected chi connectivity index (χ4v) is 9.95. The van der Waals surface area contributed by atoms with Gasteiger partial charge in [-0.05, 0) is 66.2 Å². The third-order valence-electron chi connectivity index (χ3n) is 11.1. The number of para-hydroxylation sites is 3. The van der Waals surface area contributed by atoms with Gasteiger partial charge in [0, 0.05) is 58.2 Å². The number of hydrogen-bond donors (Lipinski definition) is 0. The number of pyridine rings is 2. The Labute approximate surface area is 319 Å². The smallest absolute Gasteiger partial charge is 0.162 e. The lowest BCUT2D eigenvalue weighted by Gasteiger charge is -2.16. The van der Waals surface area contributed by atoms with E-state index in [2.05, 4.69) is 173 Å². The minimum absolute atomic E-state index is 0.727. The summed E-state index contributed by atoms with van der Waals surface area (Å²) in [5, 5.41) is 8.46. The standard InChI is InChI=1S/C50H30N4S/c1-2-12-31(13-3-1)40-27-23-32-24-29-47(52-50(32)51-40)54-43-20-10-6-16-36(43)37-25-22-33(30-45(37)54)48-44(28-26-39-38-17-7-11-21-46(38)55-49(39)48)53-41-18-8-4-14-34(41)35-15-5-9-19-42(35)53/h1-30H. The lowest BCUT2D eigenvalue weighted by Crippen LogP contribution is -2.00. The molecular weight excluding hydrogens is 689 g/mol. The van der Waals surface area contributed by atoms with E-state index >= 15 is 0 Å². The van der Waals surface area contributed by atoms with Crippen LogP contribution in [0.3, 0.4) is 0 Å². The molecule has 5 aromatic heterocycles. The molecule has 5 heterocycles. The van der Waals surface area contributed by atoms with Crippen LogP contribution in [0, 0.1) is 0 Å². The molecule has 0 saturated heterocycles. The highest BCUT2D eigenvalue weighted by atomic mass is 32.1. The van der Waals surface area contributed by atoms with Crippen LogP contribution in [-0.4, -0.2) is 19.1 Å². The van der Waals surface area contributed by atoms with E-state index in [1.807, 2.05) is 29.5 Å². The Morgan fingerprint density at radius 2 is 1.00 bits per heavy atom. The average Bonchev–Trinajstić information content (AvgIpc) is 3.91. The maximum Gasteiger partial charge on any atom is 0.162 e. The summed E-state index contributed by atoms with van der Waals surface area (Å²) < 4.78 is 7.35. The molecule has 12 rings (SSSR count). The predicted molar refractivity (Wildman–Crippen MR) is 232 cm³/mol. The van der Waals surface area contributed by atoms with E-state index in [9.17, 15) is 0 Å². The molecule has 12 aromatic rings. The fourth-order valence-electron chi connectivity index (χ4n) is 8.68. The van der Waals surface area contributed by atoms with Crippen molar-refractivity contribution < 1.29 is 0 Å². The average molecular weight is 719 g/mol. The monoisotopic (exact) mass is 718 g/mol. The molecule has 0 aliphatic carbocycles. The van der Waals surface area contributed by atoms with Crippen LogP contribution in [0.15, 0.2) is 182 Å². The molecule has 0 saturated carbocycles. The molecule has 0 bridgehead atoms. The number of nitrogens with zero attached hydrogens (tertiary/aromatic N) is 4. The summed E-state index contributed by atoms with van der Waals surface area (Å²) in [6, 6.07) is 65.4. The van der Waals surface area contributed by atoms with Crippen LogP contribution in [-0.2, 0) is 0 Å². The van der Waals surface area contributed by atoms with Gasteiger partial charge in [-0.15, -0.1) is 11.3 Å². The summed E-state index contributed by atoms with van der Waals surface area (Å²) >= 11 is 1.88. The first-order valence-corrected chi connectivity index (χ1v) is 19.4. The molecule has 7 aromatic carbocycles. The van der Waals surface area contributed by atoms with Gasteiger partial charge in [0.05, 0.1) is 33.4 Å². The van der Waals surface area contributed by atoms with Crippen LogP contribution in [0.25, 0.3) is 109 Å². The topological polar surface area (TPSA) is 35.6 Å². The number of fused-ring (bicyclic) bond motifs is 10. The van der Waals surface area contributed by atoms with Crippen molar-refractivity contribution in [3.63, 3.8) is 0 Å². The number of aromatic nitrogens is 4. The van der Waals surface area contributed by atoms with E-state index in [0.29, 0.717) is 0 Å². The van der Waals surface area contributed by atoms with Crippen LogP contribution in [0.5, 0.6) is 0 Å². The molecule has 0 radical (unpaired) electrons. The molecule has 0 aliphatic heterocycles. The first-order valence-electron chi connectivity index (χ1n) is 18.6. The quantitative estimate of drug-likeness (QED) is 0.182. The highest BCUT2D eigenvalue weighted by Gasteiger charge is 2.22. The van der Waals surface area contributed by atoms with Crippen LogP contribution < -0.4 is 0 Å². The summed E-state index contributed by atoms with van der Waals surface area (Å²) in [5.41, 5.74) is 10.9. The van der Waals surface area contributed by atoms with Crippen molar-refractivity contribution in [3.8, 4) is 33.9 Å². The molecule has 256 valence electrons.